The zero-order valence-corrected chi connectivity index (χ0v) is 15.0. The van der Waals surface area contributed by atoms with Crippen LogP contribution in [0.25, 0.3) is 0 Å². The lowest BCUT2D eigenvalue weighted by Gasteiger charge is -2.12. The first-order chi connectivity index (χ1) is 11.5. The van der Waals surface area contributed by atoms with Gasteiger partial charge in [-0.15, -0.1) is 0 Å². The predicted octanol–water partition coefficient (Wildman–Crippen LogP) is 4.22. The van der Waals surface area contributed by atoms with Crippen molar-refractivity contribution in [2.45, 2.75) is 27.2 Å². The van der Waals surface area contributed by atoms with E-state index in [0.717, 1.165) is 23.4 Å². The summed E-state index contributed by atoms with van der Waals surface area (Å²) in [5, 5.41) is 6.02. The van der Waals surface area contributed by atoms with E-state index >= 15 is 0 Å². The summed E-state index contributed by atoms with van der Waals surface area (Å²) in [6, 6.07) is 13.0. The Kier molecular flexibility index (Phi) is 6.32. The van der Waals surface area contributed by atoms with Gasteiger partial charge in [0.15, 0.2) is 5.11 Å². The van der Waals surface area contributed by atoms with Crippen molar-refractivity contribution >= 4 is 28.9 Å². The molecule has 126 valence electrons. The summed E-state index contributed by atoms with van der Waals surface area (Å²) in [4.78, 5) is 12.2. The Morgan fingerprint density at radius 2 is 1.83 bits per heavy atom. The monoisotopic (exact) mass is 342 g/mol. The fourth-order valence-electron chi connectivity index (χ4n) is 2.21. The van der Waals surface area contributed by atoms with Crippen molar-refractivity contribution in [3.63, 3.8) is 0 Å². The van der Waals surface area contributed by atoms with Crippen LogP contribution in [0.4, 0.5) is 5.69 Å². The summed E-state index contributed by atoms with van der Waals surface area (Å²) in [5.41, 5.74) is 3.67. The molecule has 24 heavy (non-hydrogen) atoms. The van der Waals surface area contributed by atoms with E-state index in [0.29, 0.717) is 12.2 Å². The summed E-state index contributed by atoms with van der Waals surface area (Å²) >= 11 is 5.22. The number of nitrogens with one attached hydrogen (secondary N) is 2. The molecule has 0 aliphatic carbocycles. The number of aryl methyl sites for hydroxylation is 2. The molecule has 0 aromatic heterocycles. The number of rotatable bonds is 5. The predicted molar refractivity (Wildman–Crippen MR) is 102 cm³/mol. The smallest absolute Gasteiger partial charge is 0.257 e. The molecule has 1 amide bonds. The van der Waals surface area contributed by atoms with Crippen LogP contribution in [0, 0.1) is 13.8 Å². The Balaban J connectivity index is 1.94. The highest BCUT2D eigenvalue weighted by atomic mass is 32.1. The highest BCUT2D eigenvalue weighted by Crippen LogP contribution is 2.16. The van der Waals surface area contributed by atoms with Crippen molar-refractivity contribution in [3.05, 3.63) is 59.2 Å². The van der Waals surface area contributed by atoms with Crippen LogP contribution in [-0.2, 0) is 0 Å². The topological polar surface area (TPSA) is 50.4 Å². The highest BCUT2D eigenvalue weighted by Gasteiger charge is 2.09. The van der Waals surface area contributed by atoms with Gasteiger partial charge in [0.25, 0.3) is 5.91 Å². The molecule has 2 rings (SSSR count). The molecule has 2 N–H and O–H groups in total. The molecule has 0 atom stereocenters. The van der Waals surface area contributed by atoms with Crippen LogP contribution in [0.15, 0.2) is 42.5 Å². The number of carbonyl (C=O) groups is 1. The molecule has 2 aromatic carbocycles. The number of benzene rings is 2. The zero-order chi connectivity index (χ0) is 17.5. The molecule has 0 heterocycles. The normalized spacial score (nSPS) is 10.1. The Bertz CT molecular complexity index is 727. The first kappa shape index (κ1) is 17.9. The quantitative estimate of drug-likeness (QED) is 0.799. The minimum absolute atomic E-state index is 0.251. The van der Waals surface area contributed by atoms with Crippen molar-refractivity contribution < 1.29 is 9.53 Å². The van der Waals surface area contributed by atoms with E-state index in [1.807, 2.05) is 32.9 Å². The fourth-order valence-corrected chi connectivity index (χ4v) is 2.41. The minimum atomic E-state index is -0.251. The molecule has 4 nitrogen and oxygen atoms in total. The van der Waals surface area contributed by atoms with Crippen molar-refractivity contribution in [3.8, 4) is 5.75 Å². The first-order valence-electron chi connectivity index (χ1n) is 7.92. The Labute approximate surface area is 148 Å². The van der Waals surface area contributed by atoms with Crippen molar-refractivity contribution in [2.24, 2.45) is 0 Å². The maximum absolute atomic E-state index is 12.2. The minimum Gasteiger partial charge on any atom is -0.494 e. The molecule has 5 heteroatoms. The lowest BCUT2D eigenvalue weighted by atomic mass is 10.1. The van der Waals surface area contributed by atoms with E-state index < -0.39 is 0 Å². The van der Waals surface area contributed by atoms with Gasteiger partial charge in [0, 0.05) is 11.3 Å². The van der Waals surface area contributed by atoms with Gasteiger partial charge in [0.05, 0.1) is 6.61 Å². The summed E-state index contributed by atoms with van der Waals surface area (Å²) < 4.78 is 5.50. The van der Waals surface area contributed by atoms with Gasteiger partial charge >= 0.3 is 0 Å². The lowest BCUT2D eigenvalue weighted by molar-refractivity contribution is 0.0977. The Morgan fingerprint density at radius 3 is 2.46 bits per heavy atom. The molecule has 0 unspecified atom stereocenters. The molecule has 2 aromatic rings. The van der Waals surface area contributed by atoms with Gasteiger partial charge in [0.2, 0.25) is 0 Å². The van der Waals surface area contributed by atoms with Crippen molar-refractivity contribution in [1.82, 2.24) is 5.32 Å². The largest absolute Gasteiger partial charge is 0.494 e. The molecular formula is C19H22N2O2S. The number of ether oxygens (including phenoxy) is 1. The van der Waals surface area contributed by atoms with E-state index in [-0.39, 0.29) is 11.0 Å². The van der Waals surface area contributed by atoms with Crippen LogP contribution in [0.2, 0.25) is 0 Å². The molecular weight excluding hydrogens is 320 g/mol. The molecule has 0 aliphatic heterocycles. The molecule has 0 saturated carbocycles. The van der Waals surface area contributed by atoms with E-state index in [9.17, 15) is 4.79 Å². The number of thiocarbonyl (C=S) groups is 1. The first-order valence-corrected chi connectivity index (χ1v) is 8.33. The number of amides is 1. The highest BCUT2D eigenvalue weighted by molar-refractivity contribution is 7.80. The number of carbonyl (C=O) groups excluding carboxylic acids is 1. The number of hydrogen-bond acceptors (Lipinski definition) is 3. The second-order valence-corrected chi connectivity index (χ2v) is 6.01. The fraction of sp³-hybridized carbons (Fsp3) is 0.263. The lowest BCUT2D eigenvalue weighted by Crippen LogP contribution is -2.34. The maximum Gasteiger partial charge on any atom is 0.257 e. The standard InChI is InChI=1S/C19H22N2O2S/c1-4-11-23-16-8-6-15(7-9-16)18(22)21-19(24)20-17-10-5-13(2)12-14(17)3/h5-10,12H,4,11H2,1-3H3,(H2,20,21,22,24). The van der Waals surface area contributed by atoms with Crippen molar-refractivity contribution in [1.29, 1.82) is 0 Å². The van der Waals surface area contributed by atoms with Crippen LogP contribution < -0.4 is 15.4 Å². The summed E-state index contributed by atoms with van der Waals surface area (Å²) in [6.45, 7) is 6.74. The molecule has 0 radical (unpaired) electrons. The van der Waals surface area contributed by atoms with Gasteiger partial charge in [-0.05, 0) is 68.4 Å². The van der Waals surface area contributed by atoms with Gasteiger partial charge in [0.1, 0.15) is 5.75 Å². The second kappa shape index (κ2) is 8.45. The van der Waals surface area contributed by atoms with Gasteiger partial charge in [-0.3, -0.25) is 10.1 Å². The summed E-state index contributed by atoms with van der Waals surface area (Å²) in [5.74, 6) is 0.503. The van der Waals surface area contributed by atoms with Crippen LogP contribution in [0.3, 0.4) is 0 Å². The van der Waals surface area contributed by atoms with Crippen LogP contribution in [0.1, 0.15) is 34.8 Å². The molecule has 0 aliphatic rings. The van der Waals surface area contributed by atoms with Crippen molar-refractivity contribution in [2.75, 3.05) is 11.9 Å². The van der Waals surface area contributed by atoms with Gasteiger partial charge < -0.3 is 10.1 Å². The Morgan fingerprint density at radius 1 is 1.12 bits per heavy atom. The van der Waals surface area contributed by atoms with Gasteiger partial charge in [-0.2, -0.15) is 0 Å². The van der Waals surface area contributed by atoms with Gasteiger partial charge in [-0.1, -0.05) is 24.6 Å². The second-order valence-electron chi connectivity index (χ2n) is 5.60. The maximum atomic E-state index is 12.2. The molecule has 0 saturated heterocycles. The van der Waals surface area contributed by atoms with E-state index in [2.05, 4.69) is 16.7 Å². The summed E-state index contributed by atoms with van der Waals surface area (Å²) in [6.07, 6.45) is 0.945. The van der Waals surface area contributed by atoms with E-state index in [4.69, 9.17) is 17.0 Å². The third kappa shape index (κ3) is 5.06. The van der Waals surface area contributed by atoms with Crippen LogP contribution in [-0.4, -0.2) is 17.6 Å². The molecule has 0 bridgehead atoms. The van der Waals surface area contributed by atoms with Gasteiger partial charge in [-0.25, -0.2) is 0 Å². The SMILES string of the molecule is CCCOc1ccc(C(=O)NC(=S)Nc2ccc(C)cc2C)cc1. The van der Waals surface area contributed by atoms with E-state index in [1.54, 1.807) is 24.3 Å². The number of hydrogen-bond donors (Lipinski definition) is 2. The summed E-state index contributed by atoms with van der Waals surface area (Å²) in [7, 11) is 0. The van der Waals surface area contributed by atoms with E-state index in [1.165, 1.54) is 5.56 Å². The molecule has 0 spiro atoms. The zero-order valence-electron chi connectivity index (χ0n) is 14.2. The average Bonchev–Trinajstić information content (AvgIpc) is 2.56. The van der Waals surface area contributed by atoms with Crippen LogP contribution >= 0.6 is 12.2 Å². The molecule has 0 fully saturated rings. The third-order valence-electron chi connectivity index (χ3n) is 3.45. The Hall–Kier alpha value is -2.40. The average molecular weight is 342 g/mol. The third-order valence-corrected chi connectivity index (χ3v) is 3.65. The van der Waals surface area contributed by atoms with Crippen LogP contribution in [0.5, 0.6) is 5.75 Å². The number of anilines is 1.